The molecule has 5 aliphatic rings. The number of rotatable bonds is 7. The van der Waals surface area contributed by atoms with Crippen LogP contribution >= 0.6 is 0 Å². The van der Waals surface area contributed by atoms with Gasteiger partial charge in [-0.3, -0.25) is 4.79 Å². The quantitative estimate of drug-likeness (QED) is 0.311. The number of carboxylic acids is 1. The van der Waals surface area contributed by atoms with Crippen molar-refractivity contribution in [3.63, 3.8) is 0 Å². The Morgan fingerprint density at radius 1 is 0.947 bits per heavy atom. The van der Waals surface area contributed by atoms with Gasteiger partial charge in [0.05, 0.1) is 12.7 Å². The fourth-order valence-corrected chi connectivity index (χ4v) is 10.2. The van der Waals surface area contributed by atoms with Gasteiger partial charge in [0.2, 0.25) is 0 Å². The summed E-state index contributed by atoms with van der Waals surface area (Å²) >= 11 is 0. The smallest absolute Gasteiger partial charge is 0.303 e. The van der Waals surface area contributed by atoms with Crippen molar-refractivity contribution in [1.29, 1.82) is 0 Å². The summed E-state index contributed by atoms with van der Waals surface area (Å²) < 4.78 is 11.8. The molecule has 1 unspecified atom stereocenters. The van der Waals surface area contributed by atoms with Crippen molar-refractivity contribution in [3.05, 3.63) is 0 Å². The highest BCUT2D eigenvalue weighted by molar-refractivity contribution is 5.66. The number of hydrogen-bond acceptors (Lipinski definition) is 7. The molecule has 4 aliphatic carbocycles. The van der Waals surface area contributed by atoms with E-state index in [9.17, 15) is 30.3 Å². The SMILES string of the molecule is C[C@H](CCC(=O)O)[C@H]1CC[C@H]2[C@@H]3CCC4C[C@H](O[C@@H]5O[C@H](CO)[C@@H](O)[C@H](O)[C@H]5O)CC[C@]4(C)[C@H]3CC[C@]12C. The molecule has 0 amide bonds. The summed E-state index contributed by atoms with van der Waals surface area (Å²) in [7, 11) is 0. The largest absolute Gasteiger partial charge is 0.481 e. The third-order valence-corrected chi connectivity index (χ3v) is 12.4. The summed E-state index contributed by atoms with van der Waals surface area (Å²) in [5.74, 6) is 3.14. The first-order valence-corrected chi connectivity index (χ1v) is 15.2. The Morgan fingerprint density at radius 3 is 2.37 bits per heavy atom. The normalized spacial score (nSPS) is 51.5. The van der Waals surface area contributed by atoms with E-state index in [4.69, 9.17) is 9.47 Å². The number of ether oxygens (including phenoxy) is 2. The van der Waals surface area contributed by atoms with Gasteiger partial charge in [0.15, 0.2) is 6.29 Å². The Kier molecular flexibility index (Phi) is 8.25. The lowest BCUT2D eigenvalue weighted by Gasteiger charge is -2.61. The van der Waals surface area contributed by atoms with Gasteiger partial charge in [-0.05, 0) is 111 Å². The van der Waals surface area contributed by atoms with Crippen LogP contribution in [0.25, 0.3) is 0 Å². The molecular weight excluding hydrogens is 488 g/mol. The van der Waals surface area contributed by atoms with E-state index in [-0.39, 0.29) is 17.9 Å². The summed E-state index contributed by atoms with van der Waals surface area (Å²) in [6.07, 6.45) is 5.16. The molecule has 1 saturated heterocycles. The standard InChI is InChI=1S/C30H50O8/c1-16(4-9-24(32)33)20-7-8-21-19-6-5-17-14-18(10-12-29(17,2)22(19)11-13-30(20,21)3)37-28-27(36)26(35)25(34)23(15-31)38-28/h16-23,25-28,31,34-36H,4-15H2,1-3H3,(H,32,33)/t16-,17?,18-,19+,20-,21+,22+,23-,25-,26+,27-,28-,29+,30-/m1/s1. The lowest BCUT2D eigenvalue weighted by atomic mass is 9.44. The van der Waals surface area contributed by atoms with Crippen LogP contribution in [0.15, 0.2) is 0 Å². The zero-order chi connectivity index (χ0) is 27.4. The van der Waals surface area contributed by atoms with Crippen molar-refractivity contribution in [2.45, 2.75) is 128 Å². The third-order valence-electron chi connectivity index (χ3n) is 12.4. The van der Waals surface area contributed by atoms with Crippen molar-refractivity contribution in [3.8, 4) is 0 Å². The average Bonchev–Trinajstić information content (AvgIpc) is 3.25. The van der Waals surface area contributed by atoms with Gasteiger partial charge in [0.25, 0.3) is 0 Å². The number of hydrogen-bond donors (Lipinski definition) is 5. The van der Waals surface area contributed by atoms with E-state index in [2.05, 4.69) is 20.8 Å². The fraction of sp³-hybridized carbons (Fsp3) is 0.967. The van der Waals surface area contributed by atoms with E-state index in [1.165, 1.54) is 38.5 Å². The van der Waals surface area contributed by atoms with Gasteiger partial charge in [0, 0.05) is 6.42 Å². The van der Waals surface area contributed by atoms with Crippen LogP contribution in [0.5, 0.6) is 0 Å². The van der Waals surface area contributed by atoms with Gasteiger partial charge in [-0.1, -0.05) is 20.8 Å². The Hall–Kier alpha value is -0.770. The van der Waals surface area contributed by atoms with Gasteiger partial charge in [0.1, 0.15) is 24.4 Å². The summed E-state index contributed by atoms with van der Waals surface area (Å²) in [6.45, 7) is 6.85. The number of aliphatic hydroxyl groups excluding tert-OH is 4. The molecule has 1 aliphatic heterocycles. The first kappa shape index (κ1) is 28.7. The Bertz CT molecular complexity index is 850. The van der Waals surface area contributed by atoms with Gasteiger partial charge >= 0.3 is 5.97 Å². The van der Waals surface area contributed by atoms with Crippen LogP contribution in [0.2, 0.25) is 0 Å². The van der Waals surface area contributed by atoms with E-state index >= 15 is 0 Å². The predicted octanol–water partition coefficient (Wildman–Crippen LogP) is 3.33. The van der Waals surface area contributed by atoms with Crippen LogP contribution in [0, 0.1) is 46.3 Å². The van der Waals surface area contributed by atoms with Crippen LogP contribution < -0.4 is 0 Å². The van der Waals surface area contributed by atoms with Crippen LogP contribution in [-0.2, 0) is 14.3 Å². The molecule has 14 atom stereocenters. The van der Waals surface area contributed by atoms with Crippen molar-refractivity contribution in [2.24, 2.45) is 46.3 Å². The van der Waals surface area contributed by atoms with E-state index in [0.29, 0.717) is 29.1 Å². The van der Waals surface area contributed by atoms with E-state index in [1.54, 1.807) is 0 Å². The number of aliphatic hydroxyl groups is 4. The van der Waals surface area contributed by atoms with Crippen LogP contribution in [0.1, 0.15) is 91.4 Å². The number of carbonyl (C=O) groups is 1. The van der Waals surface area contributed by atoms with Gasteiger partial charge in [-0.2, -0.15) is 0 Å². The maximum atomic E-state index is 11.2. The lowest BCUT2D eigenvalue weighted by Crippen LogP contribution is -2.60. The van der Waals surface area contributed by atoms with Crippen molar-refractivity contribution < 1.29 is 39.8 Å². The summed E-state index contributed by atoms with van der Waals surface area (Å²) in [6, 6.07) is 0. The third kappa shape index (κ3) is 4.85. The summed E-state index contributed by atoms with van der Waals surface area (Å²) in [5.41, 5.74) is 0.595. The topological polar surface area (TPSA) is 137 Å². The Morgan fingerprint density at radius 2 is 1.66 bits per heavy atom. The molecule has 8 heteroatoms. The number of aliphatic carboxylic acids is 1. The Labute approximate surface area is 227 Å². The fourth-order valence-electron chi connectivity index (χ4n) is 10.2. The number of fused-ring (bicyclic) bond motifs is 5. The molecule has 218 valence electrons. The molecule has 5 fully saturated rings. The monoisotopic (exact) mass is 538 g/mol. The highest BCUT2D eigenvalue weighted by Crippen LogP contribution is 2.68. The first-order valence-electron chi connectivity index (χ1n) is 15.2. The molecule has 0 aromatic rings. The average molecular weight is 539 g/mol. The predicted molar refractivity (Wildman–Crippen MR) is 140 cm³/mol. The molecule has 0 spiro atoms. The molecule has 0 radical (unpaired) electrons. The Balaban J connectivity index is 1.23. The summed E-state index contributed by atoms with van der Waals surface area (Å²) in [4.78, 5) is 11.2. The second-order valence-electron chi connectivity index (χ2n) is 14.0. The van der Waals surface area contributed by atoms with Crippen molar-refractivity contribution in [2.75, 3.05) is 6.61 Å². The zero-order valence-corrected chi connectivity index (χ0v) is 23.4. The minimum Gasteiger partial charge on any atom is -0.481 e. The number of carboxylic acid groups (broad SMARTS) is 1. The van der Waals surface area contributed by atoms with E-state index in [0.717, 1.165) is 37.5 Å². The second-order valence-corrected chi connectivity index (χ2v) is 14.0. The minimum atomic E-state index is -1.41. The molecule has 4 saturated carbocycles. The molecule has 1 heterocycles. The highest BCUT2D eigenvalue weighted by Gasteiger charge is 2.61. The maximum absolute atomic E-state index is 11.2. The molecule has 38 heavy (non-hydrogen) atoms. The van der Waals surface area contributed by atoms with Crippen molar-refractivity contribution in [1.82, 2.24) is 0 Å². The van der Waals surface area contributed by atoms with Crippen molar-refractivity contribution >= 4 is 5.97 Å². The maximum Gasteiger partial charge on any atom is 0.303 e. The lowest BCUT2D eigenvalue weighted by molar-refractivity contribution is -0.316. The van der Waals surface area contributed by atoms with Gasteiger partial charge in [-0.25, -0.2) is 0 Å². The summed E-state index contributed by atoms with van der Waals surface area (Å²) in [5, 5.41) is 49.4. The van der Waals surface area contributed by atoms with Gasteiger partial charge in [-0.15, -0.1) is 0 Å². The van der Waals surface area contributed by atoms with Crippen LogP contribution in [0.3, 0.4) is 0 Å². The van der Waals surface area contributed by atoms with Gasteiger partial charge < -0.3 is 35.0 Å². The van der Waals surface area contributed by atoms with E-state index < -0.39 is 43.3 Å². The molecule has 0 aromatic carbocycles. The van der Waals surface area contributed by atoms with E-state index in [1.807, 2.05) is 0 Å². The van der Waals surface area contributed by atoms with Crippen LogP contribution in [0.4, 0.5) is 0 Å². The molecule has 5 rings (SSSR count). The molecule has 5 N–H and O–H groups in total. The second kappa shape index (κ2) is 10.9. The molecule has 0 aromatic heterocycles. The minimum absolute atomic E-state index is 0.0779. The molecule has 8 nitrogen and oxygen atoms in total. The first-order chi connectivity index (χ1) is 18.0. The zero-order valence-electron chi connectivity index (χ0n) is 23.4. The molecule has 0 bridgehead atoms. The van der Waals surface area contributed by atoms with Crippen LogP contribution in [-0.4, -0.2) is 74.9 Å². The highest BCUT2D eigenvalue weighted by atomic mass is 16.7. The molecular formula is C30H50O8.